The predicted octanol–water partition coefficient (Wildman–Crippen LogP) is 3.85. The first-order chi connectivity index (χ1) is 19.0. The van der Waals surface area contributed by atoms with Crippen LogP contribution in [0.2, 0.25) is 0 Å². The Morgan fingerprint density at radius 2 is 1.69 bits per heavy atom. The van der Waals surface area contributed by atoms with Crippen molar-refractivity contribution in [3.8, 4) is 28.7 Å². The highest BCUT2D eigenvalue weighted by Crippen LogP contribution is 2.53. The van der Waals surface area contributed by atoms with Crippen LogP contribution in [0.25, 0.3) is 0 Å². The van der Waals surface area contributed by atoms with Crippen LogP contribution in [0.1, 0.15) is 60.8 Å². The first-order valence-corrected chi connectivity index (χ1v) is 13.5. The molecule has 2 aromatic carbocycles. The Morgan fingerprint density at radius 3 is 2.28 bits per heavy atom. The minimum absolute atomic E-state index is 0.0758. The second-order valence-corrected chi connectivity index (χ2v) is 10.2. The van der Waals surface area contributed by atoms with Crippen molar-refractivity contribution in [2.45, 2.75) is 44.1 Å². The maximum atomic E-state index is 13.9. The molecule has 1 amide bonds. The van der Waals surface area contributed by atoms with Gasteiger partial charge in [0.25, 0.3) is 0 Å². The Labute approximate surface area is 228 Å². The molecule has 0 bridgehead atoms. The fourth-order valence-corrected chi connectivity index (χ4v) is 6.19. The van der Waals surface area contributed by atoms with Gasteiger partial charge in [0.05, 0.1) is 33.4 Å². The number of fused-ring (bicyclic) bond motifs is 2. The SMILES string of the molecule is COc1cc([C@@H]2c3cc4c(cc3[C@H](O)[C@@H](CO)[C@@H]2C(=O)NCCC2=CCCCC2)OCO4)cc(OC)c1OC. The standard InChI is InChI=1S/C30H37NO8/c1-35-24-11-18(12-25(36-2)29(24)37-3)26-19-13-22-23(39-16-38-22)14-20(19)28(33)21(15-32)27(26)30(34)31-10-9-17-7-5-4-6-8-17/h7,11-14,21,26-28,32-33H,4-6,8-10,15-16H2,1-3H3,(H,31,34)/t21-,26+,27-,28-/m0/s1. The van der Waals surface area contributed by atoms with Gasteiger partial charge in [-0.25, -0.2) is 0 Å². The van der Waals surface area contributed by atoms with E-state index in [4.69, 9.17) is 23.7 Å². The van der Waals surface area contributed by atoms with Crippen LogP contribution < -0.4 is 29.0 Å². The summed E-state index contributed by atoms with van der Waals surface area (Å²) in [7, 11) is 4.61. The number of methoxy groups -OCH3 is 3. The maximum Gasteiger partial charge on any atom is 0.231 e. The van der Waals surface area contributed by atoms with Gasteiger partial charge in [0, 0.05) is 25.0 Å². The summed E-state index contributed by atoms with van der Waals surface area (Å²) >= 11 is 0. The lowest BCUT2D eigenvalue weighted by atomic mass is 9.64. The number of benzene rings is 2. The lowest BCUT2D eigenvalue weighted by Crippen LogP contribution is -2.45. The molecule has 0 saturated heterocycles. The number of carbonyl (C=O) groups excluding carboxylic acids is 1. The zero-order chi connectivity index (χ0) is 27.5. The molecule has 210 valence electrons. The molecular weight excluding hydrogens is 502 g/mol. The zero-order valence-electron chi connectivity index (χ0n) is 22.7. The summed E-state index contributed by atoms with van der Waals surface area (Å²) in [5.41, 5.74) is 3.41. The van der Waals surface area contributed by atoms with Gasteiger partial charge in [-0.3, -0.25) is 4.79 Å². The molecule has 3 N–H and O–H groups in total. The van der Waals surface area contributed by atoms with Gasteiger partial charge in [-0.2, -0.15) is 0 Å². The maximum absolute atomic E-state index is 13.9. The fraction of sp³-hybridized carbons (Fsp3) is 0.500. The van der Waals surface area contributed by atoms with Gasteiger partial charge in [0.2, 0.25) is 18.4 Å². The second kappa shape index (κ2) is 11.8. The van der Waals surface area contributed by atoms with E-state index in [1.165, 1.54) is 25.5 Å². The summed E-state index contributed by atoms with van der Waals surface area (Å²) < 4.78 is 28.0. The predicted molar refractivity (Wildman–Crippen MR) is 144 cm³/mol. The van der Waals surface area contributed by atoms with Crippen LogP contribution in [0.3, 0.4) is 0 Å². The van der Waals surface area contributed by atoms with Crippen LogP contribution in [0.4, 0.5) is 0 Å². The molecule has 9 nitrogen and oxygen atoms in total. The van der Waals surface area contributed by atoms with E-state index in [-0.39, 0.29) is 19.3 Å². The Hall–Kier alpha value is -3.43. The Balaban J connectivity index is 1.59. The quantitative estimate of drug-likeness (QED) is 0.412. The van der Waals surface area contributed by atoms with Gasteiger partial charge in [0.15, 0.2) is 23.0 Å². The van der Waals surface area contributed by atoms with E-state index in [0.29, 0.717) is 40.9 Å². The molecule has 1 heterocycles. The molecule has 0 aromatic heterocycles. The van der Waals surface area contributed by atoms with Crippen LogP contribution in [-0.2, 0) is 4.79 Å². The van der Waals surface area contributed by atoms with Crippen LogP contribution in [0.5, 0.6) is 28.7 Å². The molecule has 0 spiro atoms. The molecule has 0 saturated carbocycles. The number of aliphatic hydroxyl groups excluding tert-OH is 2. The van der Waals surface area contributed by atoms with E-state index < -0.39 is 23.9 Å². The van der Waals surface area contributed by atoms with Crippen LogP contribution >= 0.6 is 0 Å². The summed E-state index contributed by atoms with van der Waals surface area (Å²) in [4.78, 5) is 13.9. The van der Waals surface area contributed by atoms with Crippen LogP contribution in [0, 0.1) is 11.8 Å². The number of amides is 1. The van der Waals surface area contributed by atoms with E-state index in [1.54, 1.807) is 20.3 Å². The number of allylic oxidation sites excluding steroid dienone is 1. The van der Waals surface area contributed by atoms with Crippen LogP contribution in [0.15, 0.2) is 35.9 Å². The van der Waals surface area contributed by atoms with Crippen molar-refractivity contribution in [2.75, 3.05) is 41.3 Å². The van der Waals surface area contributed by atoms with E-state index in [9.17, 15) is 15.0 Å². The molecule has 3 aliphatic rings. The van der Waals surface area contributed by atoms with Crippen molar-refractivity contribution < 1.29 is 38.7 Å². The number of hydrogen-bond donors (Lipinski definition) is 3. The molecule has 2 aliphatic carbocycles. The van der Waals surface area contributed by atoms with Crippen molar-refractivity contribution in [1.29, 1.82) is 0 Å². The van der Waals surface area contributed by atoms with Crippen LogP contribution in [-0.4, -0.2) is 57.4 Å². The molecule has 0 fully saturated rings. The molecule has 39 heavy (non-hydrogen) atoms. The summed E-state index contributed by atoms with van der Waals surface area (Å²) in [6.45, 7) is 0.191. The first kappa shape index (κ1) is 27.1. The van der Waals surface area contributed by atoms with E-state index in [1.807, 2.05) is 18.2 Å². The molecular formula is C30H37NO8. The number of carbonyl (C=O) groups is 1. The van der Waals surface area contributed by atoms with Gasteiger partial charge >= 0.3 is 0 Å². The first-order valence-electron chi connectivity index (χ1n) is 13.5. The third-order valence-corrected chi connectivity index (χ3v) is 8.15. The van der Waals surface area contributed by atoms with Gasteiger partial charge in [-0.05, 0) is 73.1 Å². The molecule has 9 heteroatoms. The zero-order valence-corrected chi connectivity index (χ0v) is 22.7. The molecule has 0 unspecified atom stereocenters. The average molecular weight is 540 g/mol. The Bertz CT molecular complexity index is 1220. The molecule has 2 aromatic rings. The third-order valence-electron chi connectivity index (χ3n) is 8.15. The summed E-state index contributed by atoms with van der Waals surface area (Å²) in [6.07, 6.45) is 6.52. The summed E-state index contributed by atoms with van der Waals surface area (Å²) in [5, 5.41) is 25.0. The van der Waals surface area contributed by atoms with Crippen molar-refractivity contribution >= 4 is 5.91 Å². The lowest BCUT2D eigenvalue weighted by molar-refractivity contribution is -0.131. The number of aliphatic hydroxyl groups is 2. The monoisotopic (exact) mass is 539 g/mol. The van der Waals surface area contributed by atoms with Gasteiger partial charge in [0.1, 0.15) is 0 Å². The number of ether oxygens (including phenoxy) is 5. The van der Waals surface area contributed by atoms with Gasteiger partial charge in [-0.1, -0.05) is 11.6 Å². The van der Waals surface area contributed by atoms with Gasteiger partial charge in [-0.15, -0.1) is 0 Å². The molecule has 0 radical (unpaired) electrons. The molecule has 1 aliphatic heterocycles. The highest BCUT2D eigenvalue weighted by Gasteiger charge is 2.47. The number of hydrogen-bond acceptors (Lipinski definition) is 8. The minimum Gasteiger partial charge on any atom is -0.493 e. The number of nitrogens with one attached hydrogen (secondary N) is 1. The Kier molecular flexibility index (Phi) is 8.18. The highest BCUT2D eigenvalue weighted by atomic mass is 16.7. The van der Waals surface area contributed by atoms with Crippen molar-refractivity contribution in [1.82, 2.24) is 5.32 Å². The smallest absolute Gasteiger partial charge is 0.231 e. The second-order valence-electron chi connectivity index (χ2n) is 10.2. The largest absolute Gasteiger partial charge is 0.493 e. The molecule has 4 atom stereocenters. The Morgan fingerprint density at radius 1 is 1.00 bits per heavy atom. The average Bonchev–Trinajstić information content (AvgIpc) is 3.43. The molecule has 5 rings (SSSR count). The fourth-order valence-electron chi connectivity index (χ4n) is 6.19. The van der Waals surface area contributed by atoms with Gasteiger partial charge < -0.3 is 39.2 Å². The number of rotatable bonds is 9. The highest BCUT2D eigenvalue weighted by molar-refractivity contribution is 5.82. The van der Waals surface area contributed by atoms with E-state index in [2.05, 4.69) is 11.4 Å². The lowest BCUT2D eigenvalue weighted by Gasteiger charge is -2.41. The van der Waals surface area contributed by atoms with E-state index >= 15 is 0 Å². The minimum atomic E-state index is -1.07. The summed E-state index contributed by atoms with van der Waals surface area (Å²) in [6, 6.07) is 7.22. The van der Waals surface area contributed by atoms with Crippen molar-refractivity contribution in [2.24, 2.45) is 11.8 Å². The topological polar surface area (TPSA) is 116 Å². The third kappa shape index (κ3) is 5.13. The van der Waals surface area contributed by atoms with Crippen molar-refractivity contribution in [3.05, 3.63) is 52.6 Å². The summed E-state index contributed by atoms with van der Waals surface area (Å²) in [5.74, 6) is 0.0986. The normalized spacial score (nSPS) is 23.5. The van der Waals surface area contributed by atoms with E-state index in [0.717, 1.165) is 30.4 Å². The van der Waals surface area contributed by atoms with Crippen molar-refractivity contribution in [3.63, 3.8) is 0 Å².